The lowest BCUT2D eigenvalue weighted by Crippen LogP contribution is -2.21. The SMILES string of the molecule is O=C(/C(=C/c1cccc(Cl)c1Cl)CNCc1ccccc1)c1ccccc1. The van der Waals surface area contributed by atoms with Gasteiger partial charge in [-0.1, -0.05) is 96.0 Å². The molecule has 0 saturated carbocycles. The molecule has 0 aliphatic carbocycles. The summed E-state index contributed by atoms with van der Waals surface area (Å²) < 4.78 is 0. The van der Waals surface area contributed by atoms with Gasteiger partial charge in [-0.2, -0.15) is 0 Å². The minimum absolute atomic E-state index is 0.0350. The van der Waals surface area contributed by atoms with E-state index in [0.29, 0.717) is 34.3 Å². The Morgan fingerprint density at radius 3 is 2.22 bits per heavy atom. The lowest BCUT2D eigenvalue weighted by molar-refractivity contribution is 0.103. The standard InChI is InChI=1S/C23H19Cl2NO/c24-21-13-7-12-19(22(21)25)14-20(23(27)18-10-5-2-6-11-18)16-26-15-17-8-3-1-4-9-17/h1-14,26H,15-16H2/b20-14+. The first-order valence-corrected chi connectivity index (χ1v) is 9.39. The molecule has 4 heteroatoms. The topological polar surface area (TPSA) is 29.1 Å². The van der Waals surface area contributed by atoms with Crippen LogP contribution in [0.25, 0.3) is 6.08 Å². The third-order valence-electron chi connectivity index (χ3n) is 4.13. The Bertz CT molecular complexity index is 937. The fourth-order valence-electron chi connectivity index (χ4n) is 2.73. The van der Waals surface area contributed by atoms with E-state index in [9.17, 15) is 4.79 Å². The highest BCUT2D eigenvalue weighted by atomic mass is 35.5. The van der Waals surface area contributed by atoms with Gasteiger partial charge < -0.3 is 5.32 Å². The third kappa shape index (κ3) is 5.30. The number of halogens is 2. The number of hydrogen-bond acceptors (Lipinski definition) is 2. The van der Waals surface area contributed by atoms with Gasteiger partial charge in [-0.15, -0.1) is 0 Å². The van der Waals surface area contributed by atoms with Crippen molar-refractivity contribution in [2.45, 2.75) is 6.54 Å². The van der Waals surface area contributed by atoms with Crippen LogP contribution >= 0.6 is 23.2 Å². The molecular formula is C23H19Cl2NO. The summed E-state index contributed by atoms with van der Waals surface area (Å²) in [5.74, 6) is -0.0350. The number of carbonyl (C=O) groups excluding carboxylic acids is 1. The molecule has 0 fully saturated rings. The van der Waals surface area contributed by atoms with Crippen LogP contribution in [0.3, 0.4) is 0 Å². The zero-order valence-electron chi connectivity index (χ0n) is 14.7. The quantitative estimate of drug-likeness (QED) is 0.389. The minimum atomic E-state index is -0.0350. The molecule has 2 nitrogen and oxygen atoms in total. The number of nitrogens with one attached hydrogen (secondary N) is 1. The summed E-state index contributed by atoms with van der Waals surface area (Å²) in [5, 5.41) is 4.25. The predicted molar refractivity (Wildman–Crippen MR) is 113 cm³/mol. The fraction of sp³-hybridized carbons (Fsp3) is 0.0870. The van der Waals surface area contributed by atoms with E-state index in [-0.39, 0.29) is 5.78 Å². The molecule has 1 N–H and O–H groups in total. The molecule has 0 radical (unpaired) electrons. The van der Waals surface area contributed by atoms with Crippen molar-refractivity contribution >= 4 is 35.1 Å². The van der Waals surface area contributed by atoms with Gasteiger partial charge in [-0.05, 0) is 23.3 Å². The maximum atomic E-state index is 13.0. The van der Waals surface area contributed by atoms with Gasteiger partial charge in [0.1, 0.15) is 0 Å². The van der Waals surface area contributed by atoms with Crippen molar-refractivity contribution in [1.82, 2.24) is 5.32 Å². The first kappa shape index (κ1) is 19.4. The van der Waals surface area contributed by atoms with Gasteiger partial charge in [0.25, 0.3) is 0 Å². The summed E-state index contributed by atoms with van der Waals surface area (Å²) in [7, 11) is 0. The zero-order chi connectivity index (χ0) is 19.1. The molecule has 0 bridgehead atoms. The lowest BCUT2D eigenvalue weighted by atomic mass is 10.0. The molecule has 0 aliphatic rings. The molecule has 0 spiro atoms. The number of carbonyl (C=O) groups is 1. The summed E-state index contributed by atoms with van der Waals surface area (Å²) in [4.78, 5) is 13.0. The molecule has 3 rings (SSSR count). The second-order valence-electron chi connectivity index (χ2n) is 6.10. The number of Topliss-reactive ketones (excluding diaryl/α,β-unsaturated/α-hetero) is 1. The van der Waals surface area contributed by atoms with Crippen molar-refractivity contribution in [1.29, 1.82) is 0 Å². The smallest absolute Gasteiger partial charge is 0.190 e. The van der Waals surface area contributed by atoms with Crippen LogP contribution in [-0.4, -0.2) is 12.3 Å². The van der Waals surface area contributed by atoms with E-state index >= 15 is 0 Å². The van der Waals surface area contributed by atoms with Crippen LogP contribution in [0.4, 0.5) is 0 Å². The Morgan fingerprint density at radius 2 is 1.52 bits per heavy atom. The molecule has 0 saturated heterocycles. The van der Waals surface area contributed by atoms with Crippen molar-refractivity contribution in [3.05, 3.63) is 111 Å². The zero-order valence-corrected chi connectivity index (χ0v) is 16.2. The Morgan fingerprint density at radius 1 is 0.852 bits per heavy atom. The average molecular weight is 396 g/mol. The van der Waals surface area contributed by atoms with Gasteiger partial charge >= 0.3 is 0 Å². The molecule has 0 aromatic heterocycles. The van der Waals surface area contributed by atoms with Gasteiger partial charge in [0.2, 0.25) is 0 Å². The van der Waals surface area contributed by atoms with Crippen LogP contribution in [0, 0.1) is 0 Å². The predicted octanol–water partition coefficient (Wildman–Crippen LogP) is 6.05. The molecule has 0 aliphatic heterocycles. The molecule has 0 heterocycles. The highest BCUT2D eigenvalue weighted by molar-refractivity contribution is 6.43. The average Bonchev–Trinajstić information content (AvgIpc) is 2.71. The van der Waals surface area contributed by atoms with Crippen LogP contribution in [0.1, 0.15) is 21.5 Å². The lowest BCUT2D eigenvalue weighted by Gasteiger charge is -2.10. The fourth-order valence-corrected chi connectivity index (χ4v) is 3.09. The summed E-state index contributed by atoms with van der Waals surface area (Å²) >= 11 is 12.4. The monoisotopic (exact) mass is 395 g/mol. The van der Waals surface area contributed by atoms with Crippen LogP contribution in [0.2, 0.25) is 10.0 Å². The second-order valence-corrected chi connectivity index (χ2v) is 6.88. The molecule has 3 aromatic carbocycles. The maximum Gasteiger partial charge on any atom is 0.190 e. The van der Waals surface area contributed by atoms with Gasteiger partial charge in [-0.25, -0.2) is 0 Å². The summed E-state index contributed by atoms with van der Waals surface area (Å²) in [5.41, 5.74) is 3.15. The van der Waals surface area contributed by atoms with Crippen molar-refractivity contribution in [2.75, 3.05) is 6.54 Å². The van der Waals surface area contributed by atoms with Crippen molar-refractivity contribution in [2.24, 2.45) is 0 Å². The van der Waals surface area contributed by atoms with E-state index in [1.807, 2.05) is 78.9 Å². The highest BCUT2D eigenvalue weighted by Gasteiger charge is 2.13. The number of ketones is 1. The number of hydrogen-bond donors (Lipinski definition) is 1. The van der Waals surface area contributed by atoms with E-state index in [1.54, 1.807) is 6.07 Å². The van der Waals surface area contributed by atoms with Crippen LogP contribution in [0.5, 0.6) is 0 Å². The van der Waals surface area contributed by atoms with E-state index < -0.39 is 0 Å². The van der Waals surface area contributed by atoms with E-state index in [2.05, 4.69) is 5.32 Å². The molecule has 0 atom stereocenters. The molecular weight excluding hydrogens is 377 g/mol. The molecule has 3 aromatic rings. The van der Waals surface area contributed by atoms with Crippen LogP contribution in [0.15, 0.2) is 84.4 Å². The summed E-state index contributed by atoms with van der Waals surface area (Å²) in [6.07, 6.45) is 1.81. The molecule has 0 unspecified atom stereocenters. The second kappa shape index (κ2) is 9.52. The largest absolute Gasteiger partial charge is 0.308 e. The van der Waals surface area contributed by atoms with Gasteiger partial charge in [0, 0.05) is 24.2 Å². The maximum absolute atomic E-state index is 13.0. The first-order valence-electron chi connectivity index (χ1n) is 8.64. The number of rotatable bonds is 7. The van der Waals surface area contributed by atoms with E-state index in [1.165, 1.54) is 0 Å². The third-order valence-corrected chi connectivity index (χ3v) is 4.96. The molecule has 136 valence electrons. The van der Waals surface area contributed by atoms with Crippen LogP contribution in [-0.2, 0) is 6.54 Å². The highest BCUT2D eigenvalue weighted by Crippen LogP contribution is 2.27. The van der Waals surface area contributed by atoms with Crippen LogP contribution < -0.4 is 5.32 Å². The minimum Gasteiger partial charge on any atom is -0.308 e. The van der Waals surface area contributed by atoms with E-state index in [4.69, 9.17) is 23.2 Å². The van der Waals surface area contributed by atoms with E-state index in [0.717, 1.165) is 11.1 Å². The Labute approximate surface area is 169 Å². The van der Waals surface area contributed by atoms with Gasteiger partial charge in [0.05, 0.1) is 10.0 Å². The number of benzene rings is 3. The Kier molecular flexibility index (Phi) is 6.83. The molecule has 0 amide bonds. The van der Waals surface area contributed by atoms with Crippen molar-refractivity contribution < 1.29 is 4.79 Å². The van der Waals surface area contributed by atoms with Gasteiger partial charge in [-0.3, -0.25) is 4.79 Å². The first-order chi connectivity index (χ1) is 13.1. The Hall–Kier alpha value is -2.39. The Balaban J connectivity index is 1.85. The normalized spacial score (nSPS) is 11.4. The summed E-state index contributed by atoms with van der Waals surface area (Å²) in [6.45, 7) is 1.09. The summed E-state index contributed by atoms with van der Waals surface area (Å²) in [6, 6.07) is 24.7. The van der Waals surface area contributed by atoms with Crippen molar-refractivity contribution in [3.8, 4) is 0 Å². The van der Waals surface area contributed by atoms with Gasteiger partial charge in [0.15, 0.2) is 5.78 Å². The van der Waals surface area contributed by atoms with Crippen molar-refractivity contribution in [3.63, 3.8) is 0 Å². The molecule has 27 heavy (non-hydrogen) atoms.